The highest BCUT2D eigenvalue weighted by atomic mass is 15.1. The zero-order valence-electron chi connectivity index (χ0n) is 32.7. The molecular formula is C51H65N. The lowest BCUT2D eigenvalue weighted by Crippen LogP contribution is -2.25. The van der Waals surface area contributed by atoms with E-state index in [4.69, 9.17) is 0 Å². The molecule has 1 aliphatic rings. The largest absolute Gasteiger partial charge is 0.311 e. The predicted octanol–water partition coefficient (Wildman–Crippen LogP) is 16.0. The average molecular weight is 692 g/mol. The molecule has 0 heterocycles. The second-order valence-electron chi connectivity index (χ2n) is 15.0. The molecule has 0 spiro atoms. The van der Waals surface area contributed by atoms with Crippen molar-refractivity contribution in [3.05, 3.63) is 150 Å². The average Bonchev–Trinajstić information content (AvgIpc) is 3.48. The molecular weight excluding hydrogens is 627 g/mol. The Kier molecular flexibility index (Phi) is 16.1. The van der Waals surface area contributed by atoms with Gasteiger partial charge in [-0.1, -0.05) is 201 Å². The van der Waals surface area contributed by atoms with Gasteiger partial charge >= 0.3 is 0 Å². The van der Waals surface area contributed by atoms with Crippen molar-refractivity contribution < 1.29 is 0 Å². The smallest absolute Gasteiger partial charge is 0.0461 e. The third-order valence-electron chi connectivity index (χ3n) is 11.1. The lowest BCUT2D eigenvalue weighted by Gasteiger charge is -2.33. The van der Waals surface area contributed by atoms with Gasteiger partial charge in [-0.15, -0.1) is 0 Å². The molecule has 1 nitrogen and oxygen atoms in total. The van der Waals surface area contributed by atoms with E-state index in [0.717, 1.165) is 6.42 Å². The number of fused-ring (bicyclic) bond motifs is 3. The van der Waals surface area contributed by atoms with Gasteiger partial charge in [0, 0.05) is 22.5 Å². The van der Waals surface area contributed by atoms with Crippen LogP contribution in [0.2, 0.25) is 0 Å². The van der Waals surface area contributed by atoms with Crippen LogP contribution in [0.4, 0.5) is 17.1 Å². The van der Waals surface area contributed by atoms with Gasteiger partial charge < -0.3 is 4.90 Å². The van der Waals surface area contributed by atoms with E-state index in [9.17, 15) is 0 Å². The fraction of sp³-hybridized carbons (Fsp3) is 0.412. The summed E-state index contributed by atoms with van der Waals surface area (Å²) in [7, 11) is 0. The molecule has 0 aliphatic heterocycles. The van der Waals surface area contributed by atoms with Gasteiger partial charge in [0.15, 0.2) is 0 Å². The Bertz CT molecular complexity index is 1580. The third kappa shape index (κ3) is 10.5. The molecule has 0 radical (unpaired) electrons. The number of aryl methyl sites for hydroxylation is 1. The quantitative estimate of drug-likeness (QED) is 0.0734. The fourth-order valence-electron chi connectivity index (χ4n) is 8.29. The summed E-state index contributed by atoms with van der Waals surface area (Å²) in [5.74, 6) is 0. The lowest BCUT2D eigenvalue weighted by atomic mass is 9.70. The molecule has 5 aromatic carbocycles. The highest BCUT2D eigenvalue weighted by molar-refractivity contribution is 5.81. The highest BCUT2D eigenvalue weighted by Gasteiger charge is 2.41. The van der Waals surface area contributed by atoms with Crippen molar-refractivity contribution in [2.75, 3.05) is 4.90 Å². The van der Waals surface area contributed by atoms with Gasteiger partial charge in [0.25, 0.3) is 0 Å². The molecule has 0 fully saturated rings. The van der Waals surface area contributed by atoms with Gasteiger partial charge in [0.05, 0.1) is 0 Å². The van der Waals surface area contributed by atoms with Crippen molar-refractivity contribution in [1.29, 1.82) is 0 Å². The zero-order valence-corrected chi connectivity index (χ0v) is 32.7. The molecule has 0 aromatic heterocycles. The normalized spacial score (nSPS) is 12.4. The summed E-state index contributed by atoms with van der Waals surface area (Å²) < 4.78 is 0. The van der Waals surface area contributed by atoms with Crippen LogP contribution in [0.5, 0.6) is 0 Å². The van der Waals surface area contributed by atoms with Crippen LogP contribution in [-0.4, -0.2) is 0 Å². The van der Waals surface area contributed by atoms with E-state index in [-0.39, 0.29) is 5.41 Å². The first-order valence-corrected chi connectivity index (χ1v) is 20.9. The molecule has 6 rings (SSSR count). The van der Waals surface area contributed by atoms with Gasteiger partial charge in [-0.2, -0.15) is 0 Å². The van der Waals surface area contributed by atoms with E-state index in [0.29, 0.717) is 0 Å². The third-order valence-corrected chi connectivity index (χ3v) is 11.1. The summed E-state index contributed by atoms with van der Waals surface area (Å²) in [6.07, 6.45) is 22.9. The first kappa shape index (κ1) is 39.1. The number of hydrogen-bond donors (Lipinski definition) is 0. The Morgan fingerprint density at radius 3 is 1.21 bits per heavy atom. The van der Waals surface area contributed by atoms with Crippen LogP contribution < -0.4 is 4.90 Å². The number of benzene rings is 5. The minimum Gasteiger partial charge on any atom is -0.311 e. The van der Waals surface area contributed by atoms with Gasteiger partial charge in [-0.05, 0) is 89.9 Å². The Labute approximate surface area is 317 Å². The van der Waals surface area contributed by atoms with E-state index in [1.54, 1.807) is 11.1 Å². The van der Waals surface area contributed by atoms with Crippen LogP contribution in [0.3, 0.4) is 0 Å². The maximum Gasteiger partial charge on any atom is 0.0461 e. The highest BCUT2D eigenvalue weighted by Crippen LogP contribution is 2.54. The Hall–Kier alpha value is -4.10. The molecule has 274 valence electrons. The number of unbranched alkanes of at least 4 members (excludes halogenated alkanes) is 11. The van der Waals surface area contributed by atoms with E-state index in [1.807, 2.05) is 0 Å². The first-order valence-electron chi connectivity index (χ1n) is 20.9. The van der Waals surface area contributed by atoms with Crippen LogP contribution in [0.15, 0.2) is 133 Å². The van der Waals surface area contributed by atoms with Crippen LogP contribution in [0, 0.1) is 0 Å². The summed E-state index contributed by atoms with van der Waals surface area (Å²) in [6, 6.07) is 48.6. The zero-order chi connectivity index (χ0) is 36.3. The summed E-state index contributed by atoms with van der Waals surface area (Å²) in [5.41, 5.74) is 11.5. The van der Waals surface area contributed by atoms with E-state index in [2.05, 4.69) is 159 Å². The van der Waals surface area contributed by atoms with E-state index >= 15 is 0 Å². The number of anilines is 3. The van der Waals surface area contributed by atoms with Crippen molar-refractivity contribution in [1.82, 2.24) is 0 Å². The molecule has 0 unspecified atom stereocenters. The van der Waals surface area contributed by atoms with Crippen LogP contribution in [-0.2, 0) is 11.8 Å². The topological polar surface area (TPSA) is 3.24 Å². The Morgan fingerprint density at radius 2 is 0.750 bits per heavy atom. The molecule has 0 amide bonds. The van der Waals surface area contributed by atoms with Crippen molar-refractivity contribution in [2.45, 2.75) is 135 Å². The molecule has 1 heteroatoms. The Morgan fingerprint density at radius 1 is 0.365 bits per heavy atom. The molecule has 1 aliphatic carbocycles. The van der Waals surface area contributed by atoms with Crippen LogP contribution in [0.25, 0.3) is 11.1 Å². The summed E-state index contributed by atoms with van der Waals surface area (Å²) in [4.78, 5) is 2.30. The molecule has 5 aromatic rings. The minimum absolute atomic E-state index is 0.253. The van der Waals surface area contributed by atoms with E-state index < -0.39 is 0 Å². The van der Waals surface area contributed by atoms with Gasteiger partial charge in [-0.25, -0.2) is 0 Å². The summed E-state index contributed by atoms with van der Waals surface area (Å²) >= 11 is 0. The predicted molar refractivity (Wildman–Crippen MR) is 228 cm³/mol. The van der Waals surface area contributed by atoms with Gasteiger partial charge in [-0.3, -0.25) is 0 Å². The maximum atomic E-state index is 2.43. The second-order valence-corrected chi connectivity index (χ2v) is 15.0. The number of nitrogens with zero attached hydrogens (tertiary/aromatic N) is 1. The standard InChI is InChI=1S/C29H42.C22H23N/c1-3-5-7-9-11-17-23-29(24-18-12-10-8-6-4-2)27-21-15-13-19-25(27)26-20-14-16-22-28(26)29;1-2-3-10-19-15-17-22(18-16-19)23(20-11-6-4-7-12-20)21-13-8-5-9-14-21/h13-16,19-22H,3-12,17-18,23-24H2,1-2H3;4-9,11-18H,2-3,10H2,1H3. The van der Waals surface area contributed by atoms with Crippen LogP contribution in [0.1, 0.15) is 140 Å². The van der Waals surface area contributed by atoms with Gasteiger partial charge in [0.1, 0.15) is 0 Å². The maximum absolute atomic E-state index is 2.43. The second kappa shape index (κ2) is 21.4. The monoisotopic (exact) mass is 692 g/mol. The molecule has 0 atom stereocenters. The summed E-state index contributed by atoms with van der Waals surface area (Å²) in [6.45, 7) is 6.85. The fourth-order valence-corrected chi connectivity index (χ4v) is 8.29. The minimum atomic E-state index is 0.253. The number of hydrogen-bond acceptors (Lipinski definition) is 1. The SMILES string of the molecule is CCCCCCCCC1(CCCCCCCC)c2ccccc2-c2ccccc21.CCCCc1ccc(N(c2ccccc2)c2ccccc2)cc1. The molecule has 0 bridgehead atoms. The molecule has 52 heavy (non-hydrogen) atoms. The first-order chi connectivity index (χ1) is 25.7. The number of para-hydroxylation sites is 2. The van der Waals surface area contributed by atoms with Crippen molar-refractivity contribution in [3.8, 4) is 11.1 Å². The summed E-state index contributed by atoms with van der Waals surface area (Å²) in [5, 5.41) is 0. The van der Waals surface area contributed by atoms with Crippen LogP contribution >= 0.6 is 0 Å². The lowest BCUT2D eigenvalue weighted by molar-refractivity contribution is 0.398. The van der Waals surface area contributed by atoms with Gasteiger partial charge in [0.2, 0.25) is 0 Å². The molecule has 0 saturated heterocycles. The number of rotatable bonds is 20. The molecule has 0 saturated carbocycles. The Balaban J connectivity index is 0.000000206. The van der Waals surface area contributed by atoms with Crippen molar-refractivity contribution in [2.24, 2.45) is 0 Å². The van der Waals surface area contributed by atoms with E-state index in [1.165, 1.54) is 136 Å². The van der Waals surface area contributed by atoms with Crippen molar-refractivity contribution >= 4 is 17.1 Å². The molecule has 0 N–H and O–H groups in total. The van der Waals surface area contributed by atoms with Crippen molar-refractivity contribution in [3.63, 3.8) is 0 Å².